The fourth-order valence-electron chi connectivity index (χ4n) is 3.32. The third-order valence-electron chi connectivity index (χ3n) is 4.78. The molecule has 4 rings (SSSR count). The highest BCUT2D eigenvalue weighted by Gasteiger charge is 2.12. The number of aromatic nitrogens is 4. The maximum Gasteiger partial charge on any atom is 0.274 e. The van der Waals surface area contributed by atoms with Crippen LogP contribution in [0.15, 0.2) is 70.6 Å². The van der Waals surface area contributed by atoms with Gasteiger partial charge >= 0.3 is 0 Å². The van der Waals surface area contributed by atoms with Gasteiger partial charge in [-0.1, -0.05) is 49.7 Å². The number of nitrogens with one attached hydrogen (secondary N) is 1. The maximum atomic E-state index is 12.7. The molecule has 0 fully saturated rings. The fraction of sp³-hybridized carbons (Fsp3) is 0.250. The van der Waals surface area contributed by atoms with E-state index in [1.165, 1.54) is 22.3 Å². The monoisotopic (exact) mass is 497 g/mol. The Hall–Kier alpha value is -3.30. The van der Waals surface area contributed by atoms with Crippen LogP contribution in [0.4, 0.5) is 5.69 Å². The minimum Gasteiger partial charge on any atom is -0.482 e. The van der Waals surface area contributed by atoms with Crippen LogP contribution in [0, 0.1) is 5.92 Å². The fourth-order valence-corrected chi connectivity index (χ4v) is 4.41. The number of halogens is 1. The number of hydrogen-bond donors (Lipinski definition) is 1. The summed E-state index contributed by atoms with van der Waals surface area (Å²) in [4.78, 5) is 34.8. The van der Waals surface area contributed by atoms with Crippen LogP contribution in [0.2, 0.25) is 5.02 Å². The lowest BCUT2D eigenvalue weighted by Gasteiger charge is -2.12. The molecular formula is C24H24ClN5O3S. The molecule has 1 amide bonds. The zero-order chi connectivity index (χ0) is 24.1. The van der Waals surface area contributed by atoms with Crippen molar-refractivity contribution in [2.75, 3.05) is 11.9 Å². The van der Waals surface area contributed by atoms with Crippen LogP contribution in [-0.4, -0.2) is 31.7 Å². The molecule has 1 N–H and O–H groups in total. The number of amides is 1. The average molecular weight is 498 g/mol. The van der Waals surface area contributed by atoms with Crippen LogP contribution in [0.3, 0.4) is 0 Å². The van der Waals surface area contributed by atoms with E-state index in [0.717, 1.165) is 4.90 Å². The average Bonchev–Trinajstić information content (AvgIpc) is 3.20. The first kappa shape index (κ1) is 23.8. The van der Waals surface area contributed by atoms with Gasteiger partial charge in [-0.3, -0.25) is 14.3 Å². The summed E-state index contributed by atoms with van der Waals surface area (Å²) in [5.74, 6) is 1.35. The van der Waals surface area contributed by atoms with Gasteiger partial charge in [0.2, 0.25) is 0 Å². The van der Waals surface area contributed by atoms with Crippen molar-refractivity contribution in [2.45, 2.75) is 31.0 Å². The number of carbonyl (C=O) groups is 1. The molecule has 0 radical (unpaired) electrons. The van der Waals surface area contributed by atoms with Gasteiger partial charge in [0.25, 0.3) is 17.2 Å². The first-order valence-electron chi connectivity index (χ1n) is 10.7. The van der Waals surface area contributed by atoms with Crippen molar-refractivity contribution < 1.29 is 9.53 Å². The summed E-state index contributed by atoms with van der Waals surface area (Å²) in [6.07, 6.45) is 1.64. The van der Waals surface area contributed by atoms with Gasteiger partial charge in [-0.15, -0.1) is 11.8 Å². The van der Waals surface area contributed by atoms with Crippen molar-refractivity contribution in [3.8, 4) is 5.75 Å². The normalized spacial score (nSPS) is 11.2. The Kier molecular flexibility index (Phi) is 7.54. The Labute approximate surface area is 205 Å². The highest BCUT2D eigenvalue weighted by molar-refractivity contribution is 7.98. The van der Waals surface area contributed by atoms with Crippen molar-refractivity contribution in [2.24, 2.45) is 5.92 Å². The van der Waals surface area contributed by atoms with Crippen molar-refractivity contribution in [3.63, 3.8) is 0 Å². The Morgan fingerprint density at radius 1 is 1.18 bits per heavy atom. The van der Waals surface area contributed by atoms with E-state index in [0.29, 0.717) is 46.1 Å². The van der Waals surface area contributed by atoms with Gasteiger partial charge in [0.05, 0.1) is 16.4 Å². The predicted octanol–water partition coefficient (Wildman–Crippen LogP) is 4.51. The molecule has 4 aromatic rings. The van der Waals surface area contributed by atoms with Crippen LogP contribution in [0.5, 0.6) is 5.75 Å². The van der Waals surface area contributed by atoms with Gasteiger partial charge in [-0.25, -0.2) is 4.98 Å². The number of carbonyl (C=O) groups excluding carboxylic acids is 1. The van der Waals surface area contributed by atoms with Crippen LogP contribution in [0.25, 0.3) is 5.78 Å². The largest absolute Gasteiger partial charge is 0.482 e. The quantitative estimate of drug-likeness (QED) is 0.342. The number of benzene rings is 2. The molecule has 0 bridgehead atoms. The first-order chi connectivity index (χ1) is 16.4. The number of para-hydroxylation sites is 2. The number of rotatable bonds is 9. The summed E-state index contributed by atoms with van der Waals surface area (Å²) >= 11 is 7.54. The molecule has 0 aliphatic rings. The van der Waals surface area contributed by atoms with Gasteiger partial charge in [0, 0.05) is 23.3 Å². The zero-order valence-electron chi connectivity index (χ0n) is 18.8. The predicted molar refractivity (Wildman–Crippen MR) is 134 cm³/mol. The molecule has 2 heterocycles. The molecule has 10 heteroatoms. The second-order valence-corrected chi connectivity index (χ2v) is 9.43. The minimum atomic E-state index is -0.304. The number of nitrogens with zero attached hydrogens (tertiary/aromatic N) is 4. The van der Waals surface area contributed by atoms with E-state index in [-0.39, 0.29) is 18.1 Å². The molecule has 0 saturated heterocycles. The van der Waals surface area contributed by atoms with Crippen molar-refractivity contribution in [1.29, 1.82) is 0 Å². The van der Waals surface area contributed by atoms with Crippen molar-refractivity contribution in [3.05, 3.63) is 82.0 Å². The highest BCUT2D eigenvalue weighted by Crippen LogP contribution is 2.29. The Balaban J connectivity index is 1.42. The van der Waals surface area contributed by atoms with Gasteiger partial charge in [0.1, 0.15) is 12.1 Å². The van der Waals surface area contributed by atoms with E-state index >= 15 is 0 Å². The smallest absolute Gasteiger partial charge is 0.274 e. The van der Waals surface area contributed by atoms with Gasteiger partial charge < -0.3 is 10.1 Å². The highest BCUT2D eigenvalue weighted by atomic mass is 35.5. The molecule has 0 aliphatic heterocycles. The summed E-state index contributed by atoms with van der Waals surface area (Å²) in [5.41, 5.74) is 1.10. The molecule has 0 atom stereocenters. The zero-order valence-corrected chi connectivity index (χ0v) is 20.3. The molecule has 0 saturated carbocycles. The van der Waals surface area contributed by atoms with Crippen molar-refractivity contribution in [1.82, 2.24) is 19.2 Å². The number of anilines is 1. The van der Waals surface area contributed by atoms with E-state index in [1.54, 1.807) is 35.3 Å². The second kappa shape index (κ2) is 10.8. The Morgan fingerprint density at radius 3 is 2.74 bits per heavy atom. The molecule has 176 valence electrons. The number of fused-ring (bicyclic) bond motifs is 1. The number of ether oxygens (including phenoxy) is 1. The maximum absolute atomic E-state index is 12.7. The summed E-state index contributed by atoms with van der Waals surface area (Å²) in [5, 5.41) is 3.31. The third-order valence-corrected chi connectivity index (χ3v) is 6.20. The lowest BCUT2D eigenvalue weighted by molar-refractivity contribution is -0.118. The Bertz CT molecular complexity index is 1370. The molecule has 34 heavy (non-hydrogen) atoms. The van der Waals surface area contributed by atoms with Crippen LogP contribution >= 0.6 is 23.4 Å². The second-order valence-electron chi connectivity index (χ2n) is 8.01. The lowest BCUT2D eigenvalue weighted by atomic mass is 10.2. The molecule has 2 aromatic heterocycles. The van der Waals surface area contributed by atoms with E-state index in [9.17, 15) is 9.59 Å². The number of thioether (sulfide) groups is 1. The summed E-state index contributed by atoms with van der Waals surface area (Å²) in [6, 6.07) is 16.0. The molecule has 0 unspecified atom stereocenters. The standard InChI is InChI=1S/C24H24ClN5O3S/c1-16(2)12-29-15-26-24-27-17(11-23(32)30(24)29)14-34-21-10-6-4-8-19(21)28-22(31)13-33-20-9-5-3-7-18(20)25/h3-11,15-16H,12-14H2,1-2H3,(H,28,31). The summed E-state index contributed by atoms with van der Waals surface area (Å²) in [7, 11) is 0. The minimum absolute atomic E-state index is 0.169. The van der Waals surface area contributed by atoms with Crippen LogP contribution in [-0.2, 0) is 17.1 Å². The van der Waals surface area contributed by atoms with Crippen LogP contribution < -0.4 is 15.6 Å². The summed E-state index contributed by atoms with van der Waals surface area (Å²) < 4.78 is 8.78. The molecule has 2 aromatic carbocycles. The van der Waals surface area contributed by atoms with Crippen LogP contribution in [0.1, 0.15) is 19.5 Å². The van der Waals surface area contributed by atoms with E-state index in [4.69, 9.17) is 16.3 Å². The number of hydrogen-bond acceptors (Lipinski definition) is 6. The molecule has 0 aliphatic carbocycles. The van der Waals surface area contributed by atoms with Crippen molar-refractivity contribution >= 4 is 40.7 Å². The molecule has 8 nitrogen and oxygen atoms in total. The topological polar surface area (TPSA) is 90.5 Å². The van der Waals surface area contributed by atoms with E-state index in [2.05, 4.69) is 29.1 Å². The van der Waals surface area contributed by atoms with Gasteiger partial charge in [0.15, 0.2) is 6.61 Å². The lowest BCUT2D eigenvalue weighted by Crippen LogP contribution is -2.22. The van der Waals surface area contributed by atoms with Gasteiger partial charge in [-0.2, -0.15) is 9.50 Å². The SMILES string of the molecule is CC(C)Cn1cnc2nc(CSc3ccccc3NC(=O)COc3ccccc3Cl)cc(=O)n21. The summed E-state index contributed by atoms with van der Waals surface area (Å²) in [6.45, 7) is 4.67. The van der Waals surface area contributed by atoms with Gasteiger partial charge in [-0.05, 0) is 30.2 Å². The van der Waals surface area contributed by atoms with E-state index < -0.39 is 0 Å². The first-order valence-corrected chi connectivity index (χ1v) is 12.1. The van der Waals surface area contributed by atoms with E-state index in [1.807, 2.05) is 24.3 Å². The third kappa shape index (κ3) is 5.78. The molecular weight excluding hydrogens is 474 g/mol. The molecule has 0 spiro atoms. The Morgan fingerprint density at radius 2 is 1.94 bits per heavy atom.